The highest BCUT2D eigenvalue weighted by Crippen LogP contribution is 2.32. The summed E-state index contributed by atoms with van der Waals surface area (Å²) in [7, 11) is 1.38. The second-order valence-electron chi connectivity index (χ2n) is 7.59. The van der Waals surface area contributed by atoms with E-state index in [-0.39, 0.29) is 37.2 Å². The first-order valence-electron chi connectivity index (χ1n) is 10.6. The summed E-state index contributed by atoms with van der Waals surface area (Å²) in [6.07, 6.45) is -3.66. The van der Waals surface area contributed by atoms with Crippen molar-refractivity contribution in [3.05, 3.63) is 78.3 Å². The number of aromatic nitrogens is 3. The monoisotopic (exact) mass is 488 g/mol. The molecule has 4 rings (SSSR count). The molecular formula is C24H23F3N4O4. The standard InChI is InChI=1S/C24H23F3N4O4/c1-33-23-29-22(16-4-2-5-17(12-16)24(25,26)27)31(30-23)19-9-7-18(8-10-19)28-13-20(32)14-34-15-21-6-3-11-35-21/h2-12,20,28,32H,13-15H2,1H3. The summed E-state index contributed by atoms with van der Waals surface area (Å²) in [4.78, 5) is 4.22. The van der Waals surface area contributed by atoms with Crippen LogP contribution in [-0.2, 0) is 17.5 Å². The number of rotatable bonds is 10. The summed E-state index contributed by atoms with van der Waals surface area (Å²) in [5.41, 5.74) is 0.762. The number of aliphatic hydroxyl groups excluding tert-OH is 1. The van der Waals surface area contributed by atoms with E-state index in [0.29, 0.717) is 11.4 Å². The molecular weight excluding hydrogens is 465 g/mol. The van der Waals surface area contributed by atoms with Crippen molar-refractivity contribution in [1.82, 2.24) is 14.8 Å². The van der Waals surface area contributed by atoms with Crippen LogP contribution < -0.4 is 10.1 Å². The molecule has 0 bridgehead atoms. The third-order valence-corrected chi connectivity index (χ3v) is 5.01. The summed E-state index contributed by atoms with van der Waals surface area (Å²) < 4.78 is 56.6. The Balaban J connectivity index is 1.43. The van der Waals surface area contributed by atoms with Gasteiger partial charge in [-0.15, -0.1) is 5.10 Å². The van der Waals surface area contributed by atoms with Crippen LogP contribution in [0.2, 0.25) is 0 Å². The van der Waals surface area contributed by atoms with E-state index in [2.05, 4.69) is 15.4 Å². The zero-order valence-electron chi connectivity index (χ0n) is 18.7. The fourth-order valence-electron chi connectivity index (χ4n) is 3.29. The minimum atomic E-state index is -4.48. The Morgan fingerprint density at radius 3 is 2.60 bits per heavy atom. The Labute approximate surface area is 198 Å². The van der Waals surface area contributed by atoms with Gasteiger partial charge < -0.3 is 24.3 Å². The predicted octanol–water partition coefficient (Wildman–Crippen LogP) is 4.54. The molecule has 0 fully saturated rings. The third-order valence-electron chi connectivity index (χ3n) is 5.01. The van der Waals surface area contributed by atoms with Gasteiger partial charge in [0.25, 0.3) is 0 Å². The predicted molar refractivity (Wildman–Crippen MR) is 121 cm³/mol. The van der Waals surface area contributed by atoms with Crippen LogP contribution in [0.3, 0.4) is 0 Å². The molecule has 8 nitrogen and oxygen atoms in total. The van der Waals surface area contributed by atoms with Crippen LogP contribution in [0.15, 0.2) is 71.3 Å². The molecule has 1 atom stereocenters. The number of alkyl halides is 3. The second-order valence-corrected chi connectivity index (χ2v) is 7.59. The maximum atomic E-state index is 13.2. The average molecular weight is 488 g/mol. The van der Waals surface area contributed by atoms with Crippen LogP contribution in [0.1, 0.15) is 11.3 Å². The van der Waals surface area contributed by atoms with E-state index in [0.717, 1.165) is 17.8 Å². The van der Waals surface area contributed by atoms with Crippen LogP contribution >= 0.6 is 0 Å². The zero-order chi connectivity index (χ0) is 24.8. The topological polar surface area (TPSA) is 94.6 Å². The number of anilines is 1. The van der Waals surface area contributed by atoms with Gasteiger partial charge in [0.2, 0.25) is 0 Å². The van der Waals surface area contributed by atoms with Crippen molar-refractivity contribution in [3.63, 3.8) is 0 Å². The van der Waals surface area contributed by atoms with Crippen LogP contribution in [-0.4, -0.2) is 46.2 Å². The Morgan fingerprint density at radius 1 is 1.11 bits per heavy atom. The van der Waals surface area contributed by atoms with Crippen LogP contribution in [0.5, 0.6) is 6.01 Å². The Morgan fingerprint density at radius 2 is 1.91 bits per heavy atom. The first kappa shape index (κ1) is 24.3. The van der Waals surface area contributed by atoms with Gasteiger partial charge in [0.15, 0.2) is 5.82 Å². The van der Waals surface area contributed by atoms with Crippen LogP contribution in [0, 0.1) is 0 Å². The smallest absolute Gasteiger partial charge is 0.416 e. The van der Waals surface area contributed by atoms with Crippen molar-refractivity contribution in [2.24, 2.45) is 0 Å². The van der Waals surface area contributed by atoms with Crippen molar-refractivity contribution >= 4 is 5.69 Å². The van der Waals surface area contributed by atoms with Gasteiger partial charge in [0, 0.05) is 17.8 Å². The van der Waals surface area contributed by atoms with Crippen molar-refractivity contribution in [1.29, 1.82) is 0 Å². The number of nitrogens with one attached hydrogen (secondary N) is 1. The van der Waals surface area contributed by atoms with E-state index in [1.54, 1.807) is 42.7 Å². The number of aliphatic hydroxyl groups is 1. The van der Waals surface area contributed by atoms with Crippen molar-refractivity contribution in [2.75, 3.05) is 25.6 Å². The highest BCUT2D eigenvalue weighted by Gasteiger charge is 2.31. The van der Waals surface area contributed by atoms with Gasteiger partial charge in [-0.3, -0.25) is 0 Å². The lowest BCUT2D eigenvalue weighted by Crippen LogP contribution is -2.24. The molecule has 0 amide bonds. The first-order chi connectivity index (χ1) is 16.8. The lowest BCUT2D eigenvalue weighted by Gasteiger charge is -2.13. The number of halogens is 3. The Bertz CT molecular complexity index is 1220. The van der Waals surface area contributed by atoms with E-state index in [9.17, 15) is 18.3 Å². The van der Waals surface area contributed by atoms with Gasteiger partial charge in [0.1, 0.15) is 12.4 Å². The van der Waals surface area contributed by atoms with Gasteiger partial charge in [-0.1, -0.05) is 12.1 Å². The maximum Gasteiger partial charge on any atom is 0.416 e. The molecule has 184 valence electrons. The molecule has 2 N–H and O–H groups in total. The number of hydrogen-bond donors (Lipinski definition) is 2. The molecule has 0 spiro atoms. The highest BCUT2D eigenvalue weighted by atomic mass is 19.4. The van der Waals surface area contributed by atoms with Gasteiger partial charge >= 0.3 is 12.2 Å². The quantitative estimate of drug-likeness (QED) is 0.338. The molecule has 1 unspecified atom stereocenters. The average Bonchev–Trinajstić information content (AvgIpc) is 3.53. The molecule has 0 radical (unpaired) electrons. The lowest BCUT2D eigenvalue weighted by atomic mass is 10.1. The van der Waals surface area contributed by atoms with Gasteiger partial charge in [-0.25, -0.2) is 4.68 Å². The summed E-state index contributed by atoms with van der Waals surface area (Å²) >= 11 is 0. The van der Waals surface area contributed by atoms with Crippen molar-refractivity contribution < 1.29 is 32.2 Å². The van der Waals surface area contributed by atoms with Crippen LogP contribution in [0.25, 0.3) is 17.1 Å². The molecule has 2 aromatic heterocycles. The van der Waals surface area contributed by atoms with Crippen molar-refractivity contribution in [3.8, 4) is 23.1 Å². The Kier molecular flexibility index (Phi) is 7.37. The number of hydrogen-bond acceptors (Lipinski definition) is 7. The van der Waals surface area contributed by atoms with E-state index in [4.69, 9.17) is 13.9 Å². The zero-order valence-corrected chi connectivity index (χ0v) is 18.7. The fourth-order valence-corrected chi connectivity index (χ4v) is 3.29. The number of methoxy groups -OCH3 is 1. The molecule has 11 heteroatoms. The summed E-state index contributed by atoms with van der Waals surface area (Å²) in [5.74, 6) is 0.882. The summed E-state index contributed by atoms with van der Waals surface area (Å²) in [5, 5.41) is 17.5. The third kappa shape index (κ3) is 6.19. The molecule has 2 heterocycles. The van der Waals surface area contributed by atoms with E-state index in [1.807, 2.05) is 0 Å². The molecule has 0 saturated carbocycles. The Hall–Kier alpha value is -3.83. The molecule has 0 saturated heterocycles. The molecule has 0 aliphatic heterocycles. The van der Waals surface area contributed by atoms with Gasteiger partial charge in [-0.2, -0.15) is 18.2 Å². The second kappa shape index (κ2) is 10.6. The SMILES string of the molecule is COc1nc(-c2cccc(C(F)(F)F)c2)n(-c2ccc(NCC(O)COCc3ccco3)cc2)n1. The molecule has 4 aromatic rings. The minimum Gasteiger partial charge on any atom is -0.467 e. The normalized spacial score (nSPS) is 12.5. The largest absolute Gasteiger partial charge is 0.467 e. The minimum absolute atomic E-state index is 0.0253. The summed E-state index contributed by atoms with van der Waals surface area (Å²) in [6.45, 7) is 0.656. The fraction of sp³-hybridized carbons (Fsp3) is 0.250. The number of furan rings is 1. The molecule has 0 aliphatic rings. The molecule has 35 heavy (non-hydrogen) atoms. The highest BCUT2D eigenvalue weighted by molar-refractivity contribution is 5.60. The van der Waals surface area contributed by atoms with Crippen LogP contribution in [0.4, 0.5) is 18.9 Å². The van der Waals surface area contributed by atoms with Gasteiger partial charge in [0.05, 0.1) is 37.3 Å². The van der Waals surface area contributed by atoms with E-state index < -0.39 is 17.8 Å². The van der Waals surface area contributed by atoms with E-state index >= 15 is 0 Å². The maximum absolute atomic E-state index is 13.2. The van der Waals surface area contributed by atoms with Gasteiger partial charge in [-0.05, 0) is 48.5 Å². The van der Waals surface area contributed by atoms with Crippen molar-refractivity contribution in [2.45, 2.75) is 18.9 Å². The first-order valence-corrected chi connectivity index (χ1v) is 10.6. The number of ether oxygens (including phenoxy) is 2. The number of benzene rings is 2. The lowest BCUT2D eigenvalue weighted by molar-refractivity contribution is -0.137. The molecule has 0 aliphatic carbocycles. The molecule has 2 aromatic carbocycles. The van der Waals surface area contributed by atoms with E-state index in [1.165, 1.54) is 23.9 Å². The summed E-state index contributed by atoms with van der Waals surface area (Å²) in [6, 6.07) is 15.4. The number of nitrogens with zero attached hydrogens (tertiary/aromatic N) is 3.